The van der Waals surface area contributed by atoms with Gasteiger partial charge in [-0.05, 0) is 35.9 Å². The lowest BCUT2D eigenvalue weighted by Gasteiger charge is -2.48. The van der Waals surface area contributed by atoms with Crippen molar-refractivity contribution in [2.45, 2.75) is 32.2 Å². The third kappa shape index (κ3) is 3.03. The molecule has 0 aromatic carbocycles. The fraction of sp³-hybridized carbons (Fsp3) is 0.667. The van der Waals surface area contributed by atoms with Crippen molar-refractivity contribution in [1.29, 1.82) is 0 Å². The first kappa shape index (κ1) is 16.2. The van der Waals surface area contributed by atoms with E-state index in [1.807, 2.05) is 11.3 Å². The van der Waals surface area contributed by atoms with E-state index in [4.69, 9.17) is 16.3 Å². The van der Waals surface area contributed by atoms with Crippen molar-refractivity contribution in [1.82, 2.24) is 14.9 Å². The number of thiophene rings is 1. The summed E-state index contributed by atoms with van der Waals surface area (Å²) in [5.74, 6) is 0.977. The Balaban J connectivity index is 1.37. The highest BCUT2D eigenvalue weighted by Crippen LogP contribution is 2.46. The van der Waals surface area contributed by atoms with Crippen molar-refractivity contribution in [2.24, 2.45) is 5.41 Å². The van der Waals surface area contributed by atoms with Crippen molar-refractivity contribution in [2.75, 3.05) is 44.3 Å². The van der Waals surface area contributed by atoms with Gasteiger partial charge in [0.05, 0.1) is 23.4 Å². The first-order chi connectivity index (χ1) is 12.2. The molecule has 5 rings (SSSR count). The van der Waals surface area contributed by atoms with E-state index in [9.17, 15) is 0 Å². The van der Waals surface area contributed by atoms with Gasteiger partial charge in [0.2, 0.25) is 5.28 Å². The Morgan fingerprint density at radius 3 is 2.68 bits per heavy atom. The summed E-state index contributed by atoms with van der Waals surface area (Å²) in [7, 11) is 0. The van der Waals surface area contributed by atoms with Crippen LogP contribution in [0, 0.1) is 5.41 Å². The van der Waals surface area contributed by atoms with Crippen molar-refractivity contribution >= 4 is 39.0 Å². The van der Waals surface area contributed by atoms with Gasteiger partial charge in [-0.2, -0.15) is 4.98 Å². The molecule has 134 valence electrons. The van der Waals surface area contributed by atoms with Gasteiger partial charge in [-0.25, -0.2) is 4.98 Å². The molecule has 25 heavy (non-hydrogen) atoms. The summed E-state index contributed by atoms with van der Waals surface area (Å²) in [4.78, 5) is 15.2. The summed E-state index contributed by atoms with van der Waals surface area (Å²) in [5, 5.41) is 0.340. The number of hydrogen-bond acceptors (Lipinski definition) is 6. The van der Waals surface area contributed by atoms with Crippen molar-refractivity contribution in [3.8, 4) is 0 Å². The van der Waals surface area contributed by atoms with Crippen molar-refractivity contribution in [3.63, 3.8) is 0 Å². The summed E-state index contributed by atoms with van der Waals surface area (Å²) in [6.07, 6.45) is 5.71. The minimum absolute atomic E-state index is 0.340. The highest BCUT2D eigenvalue weighted by molar-refractivity contribution is 7.19. The largest absolute Gasteiger partial charge is 0.378 e. The SMILES string of the molecule is Clc1nc(N2CCOCC2)c2sc(CN3CC4(CCCC4)C3)cc2n1. The Morgan fingerprint density at radius 2 is 1.92 bits per heavy atom. The summed E-state index contributed by atoms with van der Waals surface area (Å²) in [6.45, 7) is 6.79. The van der Waals surface area contributed by atoms with Crippen LogP contribution < -0.4 is 4.90 Å². The van der Waals surface area contributed by atoms with Gasteiger partial charge in [-0.1, -0.05) is 12.8 Å². The molecular formula is C18H23ClN4OS. The van der Waals surface area contributed by atoms with Gasteiger partial charge in [-0.15, -0.1) is 11.3 Å². The van der Waals surface area contributed by atoms with Crippen LogP contribution in [0.3, 0.4) is 0 Å². The first-order valence-corrected chi connectivity index (χ1v) is 10.4. The molecule has 1 spiro atoms. The Morgan fingerprint density at radius 1 is 1.16 bits per heavy atom. The molecule has 2 aromatic heterocycles. The Hall–Kier alpha value is -0.950. The Kier molecular flexibility index (Phi) is 4.12. The Bertz CT molecular complexity index is 775. The molecule has 0 radical (unpaired) electrons. The van der Waals surface area contributed by atoms with E-state index >= 15 is 0 Å². The fourth-order valence-electron chi connectivity index (χ4n) is 4.68. The van der Waals surface area contributed by atoms with Gasteiger partial charge < -0.3 is 9.64 Å². The number of halogens is 1. The highest BCUT2D eigenvalue weighted by Gasteiger charge is 2.44. The quantitative estimate of drug-likeness (QED) is 0.764. The van der Waals surface area contributed by atoms with E-state index in [1.54, 1.807) is 0 Å². The molecule has 4 heterocycles. The zero-order valence-electron chi connectivity index (χ0n) is 14.3. The van der Waals surface area contributed by atoms with Crippen LogP contribution in [-0.2, 0) is 11.3 Å². The molecule has 1 saturated carbocycles. The molecule has 1 aliphatic carbocycles. The van der Waals surface area contributed by atoms with Crippen LogP contribution in [0.1, 0.15) is 30.6 Å². The van der Waals surface area contributed by atoms with Crippen LogP contribution in [0.4, 0.5) is 5.82 Å². The van der Waals surface area contributed by atoms with Gasteiger partial charge in [0.1, 0.15) is 0 Å². The van der Waals surface area contributed by atoms with Crippen LogP contribution in [-0.4, -0.2) is 54.3 Å². The zero-order valence-corrected chi connectivity index (χ0v) is 15.9. The topological polar surface area (TPSA) is 41.5 Å². The number of nitrogens with zero attached hydrogens (tertiary/aromatic N) is 4. The van der Waals surface area contributed by atoms with E-state index in [1.165, 1.54) is 43.6 Å². The minimum Gasteiger partial charge on any atom is -0.378 e. The van der Waals surface area contributed by atoms with Crippen LogP contribution in [0.2, 0.25) is 5.28 Å². The van der Waals surface area contributed by atoms with Crippen LogP contribution in [0.5, 0.6) is 0 Å². The molecule has 5 nitrogen and oxygen atoms in total. The number of likely N-dealkylation sites (tertiary alicyclic amines) is 1. The van der Waals surface area contributed by atoms with Crippen LogP contribution in [0.15, 0.2) is 6.07 Å². The number of fused-ring (bicyclic) bond motifs is 1. The first-order valence-electron chi connectivity index (χ1n) is 9.22. The summed E-state index contributed by atoms with van der Waals surface area (Å²) in [5.41, 5.74) is 1.64. The molecule has 0 unspecified atom stereocenters. The van der Waals surface area contributed by atoms with Gasteiger partial charge in [0.25, 0.3) is 0 Å². The van der Waals surface area contributed by atoms with E-state index in [0.29, 0.717) is 10.7 Å². The lowest BCUT2D eigenvalue weighted by atomic mass is 9.78. The van der Waals surface area contributed by atoms with Crippen LogP contribution >= 0.6 is 22.9 Å². The Labute approximate surface area is 156 Å². The monoisotopic (exact) mass is 378 g/mol. The van der Waals surface area contributed by atoms with E-state index in [2.05, 4.69) is 25.8 Å². The number of aromatic nitrogens is 2. The molecule has 0 amide bonds. The second-order valence-electron chi connectivity index (χ2n) is 7.70. The zero-order chi connectivity index (χ0) is 16.9. The maximum Gasteiger partial charge on any atom is 0.224 e. The lowest BCUT2D eigenvalue weighted by molar-refractivity contribution is 0.000499. The lowest BCUT2D eigenvalue weighted by Crippen LogP contribution is -2.53. The second kappa shape index (κ2) is 6.34. The number of anilines is 1. The van der Waals surface area contributed by atoms with E-state index in [-0.39, 0.29) is 0 Å². The standard InChI is InChI=1S/C18H23ClN4OS/c19-17-20-14-9-13(10-22-11-18(12-22)3-1-2-4-18)25-15(14)16(21-17)23-5-7-24-8-6-23/h9H,1-8,10-12H2. The van der Waals surface area contributed by atoms with Crippen LogP contribution in [0.25, 0.3) is 10.2 Å². The molecule has 0 bridgehead atoms. The molecule has 0 atom stereocenters. The third-order valence-electron chi connectivity index (χ3n) is 5.85. The predicted octanol–water partition coefficient (Wildman–Crippen LogP) is 3.56. The molecule has 2 aliphatic heterocycles. The molecule has 3 aliphatic rings. The molecular weight excluding hydrogens is 356 g/mol. The third-order valence-corrected chi connectivity index (χ3v) is 7.12. The van der Waals surface area contributed by atoms with Gasteiger partial charge >= 0.3 is 0 Å². The number of ether oxygens (including phenoxy) is 1. The summed E-state index contributed by atoms with van der Waals surface area (Å²) < 4.78 is 6.63. The molecule has 0 N–H and O–H groups in total. The average Bonchev–Trinajstić information content (AvgIpc) is 3.21. The molecule has 7 heteroatoms. The van der Waals surface area contributed by atoms with E-state index < -0.39 is 0 Å². The van der Waals surface area contributed by atoms with Crippen molar-refractivity contribution in [3.05, 3.63) is 16.2 Å². The van der Waals surface area contributed by atoms with Gasteiger partial charge in [0, 0.05) is 37.6 Å². The average molecular weight is 379 g/mol. The van der Waals surface area contributed by atoms with Gasteiger partial charge in [-0.3, -0.25) is 4.90 Å². The molecule has 2 aromatic rings. The fourth-order valence-corrected chi connectivity index (χ4v) is 6.01. The summed E-state index contributed by atoms with van der Waals surface area (Å²) in [6, 6.07) is 2.21. The molecule has 2 saturated heterocycles. The van der Waals surface area contributed by atoms with Gasteiger partial charge in [0.15, 0.2) is 5.82 Å². The summed E-state index contributed by atoms with van der Waals surface area (Å²) >= 11 is 8.02. The molecule has 3 fully saturated rings. The normalized spacial score (nSPS) is 23.5. The minimum atomic E-state index is 0.340. The smallest absolute Gasteiger partial charge is 0.224 e. The number of morpholine rings is 1. The maximum absolute atomic E-state index is 6.19. The van der Waals surface area contributed by atoms with E-state index in [0.717, 1.165) is 48.9 Å². The highest BCUT2D eigenvalue weighted by atomic mass is 35.5. The number of rotatable bonds is 3. The number of hydrogen-bond donors (Lipinski definition) is 0. The second-order valence-corrected chi connectivity index (χ2v) is 9.17. The maximum atomic E-state index is 6.19. The predicted molar refractivity (Wildman–Crippen MR) is 102 cm³/mol. The van der Waals surface area contributed by atoms with Crippen molar-refractivity contribution < 1.29 is 4.74 Å².